The third-order valence-corrected chi connectivity index (χ3v) is 4.77. The fraction of sp³-hybridized carbons (Fsp3) is 0.300. The Labute approximate surface area is 145 Å². The fourth-order valence-electron chi connectivity index (χ4n) is 3.55. The number of halogens is 1. The lowest BCUT2D eigenvalue weighted by atomic mass is 9.84. The van der Waals surface area contributed by atoms with E-state index in [9.17, 15) is 19.1 Å². The van der Waals surface area contributed by atoms with Gasteiger partial charge in [0.15, 0.2) is 0 Å². The quantitative estimate of drug-likeness (QED) is 0.923. The summed E-state index contributed by atoms with van der Waals surface area (Å²) in [5, 5.41) is 9.63. The molecule has 2 aromatic carbocycles. The van der Waals surface area contributed by atoms with Crippen molar-refractivity contribution in [1.82, 2.24) is 4.90 Å². The highest BCUT2D eigenvalue weighted by Crippen LogP contribution is 2.37. The number of piperidine rings is 1. The molecular formula is C20H20FNO3. The summed E-state index contributed by atoms with van der Waals surface area (Å²) < 4.78 is 13.7. The maximum absolute atomic E-state index is 13.7. The SMILES string of the molecule is Cc1ccccc1C(=O)N1CCC[C@H](C(=O)O)[C@@H]1c1cccc(F)c1. The molecule has 1 fully saturated rings. The van der Waals surface area contributed by atoms with E-state index in [1.165, 1.54) is 12.1 Å². The standard InChI is InChI=1S/C20H20FNO3/c1-13-6-2-3-9-16(13)19(23)22-11-5-10-17(20(24)25)18(22)14-7-4-8-15(21)12-14/h2-4,6-9,12,17-18H,5,10-11H2,1H3,(H,24,25)/t17-,18-/m0/s1. The summed E-state index contributed by atoms with van der Waals surface area (Å²) in [7, 11) is 0. The maximum atomic E-state index is 13.7. The molecule has 2 atom stereocenters. The van der Waals surface area contributed by atoms with Crippen LogP contribution in [0.2, 0.25) is 0 Å². The van der Waals surface area contributed by atoms with E-state index < -0.39 is 23.7 Å². The van der Waals surface area contributed by atoms with Crippen molar-refractivity contribution in [3.05, 3.63) is 71.0 Å². The van der Waals surface area contributed by atoms with Crippen LogP contribution in [-0.2, 0) is 4.79 Å². The van der Waals surface area contributed by atoms with E-state index >= 15 is 0 Å². The molecule has 130 valence electrons. The third-order valence-electron chi connectivity index (χ3n) is 4.77. The highest BCUT2D eigenvalue weighted by atomic mass is 19.1. The molecule has 1 heterocycles. The predicted molar refractivity (Wildman–Crippen MR) is 91.7 cm³/mol. The average Bonchev–Trinajstić information content (AvgIpc) is 2.61. The van der Waals surface area contributed by atoms with Crippen molar-refractivity contribution in [2.45, 2.75) is 25.8 Å². The normalized spacial score (nSPS) is 20.3. The van der Waals surface area contributed by atoms with E-state index in [-0.39, 0.29) is 5.91 Å². The van der Waals surface area contributed by atoms with Crippen LogP contribution < -0.4 is 0 Å². The van der Waals surface area contributed by atoms with Crippen molar-refractivity contribution in [2.75, 3.05) is 6.54 Å². The van der Waals surface area contributed by atoms with Gasteiger partial charge in [0.05, 0.1) is 12.0 Å². The second kappa shape index (κ2) is 7.05. The van der Waals surface area contributed by atoms with Crippen LogP contribution in [0.3, 0.4) is 0 Å². The van der Waals surface area contributed by atoms with Crippen LogP contribution in [0.15, 0.2) is 48.5 Å². The smallest absolute Gasteiger partial charge is 0.308 e. The molecule has 0 aliphatic carbocycles. The lowest BCUT2D eigenvalue weighted by Crippen LogP contribution is -2.45. The molecule has 1 saturated heterocycles. The predicted octanol–water partition coefficient (Wildman–Crippen LogP) is 3.81. The van der Waals surface area contributed by atoms with Crippen LogP contribution in [0.1, 0.15) is 40.4 Å². The molecule has 4 nitrogen and oxygen atoms in total. The molecule has 0 spiro atoms. The molecule has 2 aromatic rings. The number of amides is 1. The first-order chi connectivity index (χ1) is 12.0. The van der Waals surface area contributed by atoms with E-state index in [0.717, 1.165) is 5.56 Å². The first kappa shape index (κ1) is 17.1. The van der Waals surface area contributed by atoms with Gasteiger partial charge in [0.25, 0.3) is 5.91 Å². The third kappa shape index (κ3) is 3.40. The lowest BCUT2D eigenvalue weighted by molar-refractivity contribution is -0.145. The van der Waals surface area contributed by atoms with Crippen LogP contribution >= 0.6 is 0 Å². The van der Waals surface area contributed by atoms with Gasteiger partial charge >= 0.3 is 5.97 Å². The molecule has 5 heteroatoms. The van der Waals surface area contributed by atoms with Gasteiger partial charge in [-0.05, 0) is 49.1 Å². The van der Waals surface area contributed by atoms with Crippen LogP contribution in [0, 0.1) is 18.7 Å². The summed E-state index contributed by atoms with van der Waals surface area (Å²) in [5.41, 5.74) is 1.91. The van der Waals surface area contributed by atoms with E-state index in [0.29, 0.717) is 30.5 Å². The molecule has 25 heavy (non-hydrogen) atoms. The van der Waals surface area contributed by atoms with Crippen LogP contribution in [0.4, 0.5) is 4.39 Å². The number of likely N-dealkylation sites (tertiary alicyclic amines) is 1. The minimum Gasteiger partial charge on any atom is -0.481 e. The number of carboxylic acid groups (broad SMARTS) is 1. The Morgan fingerprint density at radius 3 is 2.60 bits per heavy atom. The summed E-state index contributed by atoms with van der Waals surface area (Å²) in [6, 6.07) is 12.4. The van der Waals surface area contributed by atoms with Gasteiger partial charge in [-0.25, -0.2) is 4.39 Å². The number of aryl methyl sites for hydroxylation is 1. The van der Waals surface area contributed by atoms with Gasteiger partial charge in [-0.1, -0.05) is 30.3 Å². The Bertz CT molecular complexity index is 805. The Kier molecular flexibility index (Phi) is 4.83. The Morgan fingerprint density at radius 1 is 1.16 bits per heavy atom. The zero-order chi connectivity index (χ0) is 18.0. The fourth-order valence-corrected chi connectivity index (χ4v) is 3.55. The zero-order valence-corrected chi connectivity index (χ0v) is 14.0. The monoisotopic (exact) mass is 341 g/mol. The van der Waals surface area contributed by atoms with Crippen LogP contribution in [0.25, 0.3) is 0 Å². The Balaban J connectivity index is 2.04. The zero-order valence-electron chi connectivity index (χ0n) is 14.0. The van der Waals surface area contributed by atoms with Gasteiger partial charge in [-0.3, -0.25) is 9.59 Å². The number of carbonyl (C=O) groups excluding carboxylic acids is 1. The first-order valence-corrected chi connectivity index (χ1v) is 8.34. The number of aliphatic carboxylic acids is 1. The van der Waals surface area contributed by atoms with Crippen molar-refractivity contribution >= 4 is 11.9 Å². The van der Waals surface area contributed by atoms with Gasteiger partial charge in [-0.2, -0.15) is 0 Å². The van der Waals surface area contributed by atoms with E-state index in [4.69, 9.17) is 0 Å². The number of rotatable bonds is 3. The minimum absolute atomic E-state index is 0.210. The van der Waals surface area contributed by atoms with Crippen molar-refractivity contribution < 1.29 is 19.1 Å². The largest absolute Gasteiger partial charge is 0.481 e. The summed E-state index contributed by atoms with van der Waals surface area (Å²) in [4.78, 5) is 26.4. The molecule has 0 aromatic heterocycles. The number of carboxylic acids is 1. The summed E-state index contributed by atoms with van der Waals surface area (Å²) in [5.74, 6) is -2.35. The molecule has 0 radical (unpaired) electrons. The topological polar surface area (TPSA) is 57.6 Å². The van der Waals surface area contributed by atoms with Gasteiger partial charge in [-0.15, -0.1) is 0 Å². The molecule has 1 N–H and O–H groups in total. The molecule has 1 amide bonds. The molecule has 0 saturated carbocycles. The highest BCUT2D eigenvalue weighted by Gasteiger charge is 2.40. The number of benzene rings is 2. The highest BCUT2D eigenvalue weighted by molar-refractivity contribution is 5.96. The van der Waals surface area contributed by atoms with E-state index in [2.05, 4.69) is 0 Å². The van der Waals surface area contributed by atoms with Gasteiger partial charge in [0.2, 0.25) is 0 Å². The van der Waals surface area contributed by atoms with Crippen LogP contribution in [0.5, 0.6) is 0 Å². The first-order valence-electron chi connectivity index (χ1n) is 8.34. The van der Waals surface area contributed by atoms with Gasteiger partial charge < -0.3 is 10.0 Å². The lowest BCUT2D eigenvalue weighted by Gasteiger charge is -2.40. The second-order valence-corrected chi connectivity index (χ2v) is 6.40. The van der Waals surface area contributed by atoms with Crippen molar-refractivity contribution in [2.24, 2.45) is 5.92 Å². The summed E-state index contributed by atoms with van der Waals surface area (Å²) in [6.45, 7) is 2.31. The summed E-state index contributed by atoms with van der Waals surface area (Å²) in [6.07, 6.45) is 1.08. The molecule has 1 aliphatic heterocycles. The van der Waals surface area contributed by atoms with Crippen LogP contribution in [-0.4, -0.2) is 28.4 Å². The maximum Gasteiger partial charge on any atom is 0.308 e. The second-order valence-electron chi connectivity index (χ2n) is 6.40. The van der Waals surface area contributed by atoms with Gasteiger partial charge in [0, 0.05) is 12.1 Å². The summed E-state index contributed by atoms with van der Waals surface area (Å²) >= 11 is 0. The molecule has 1 aliphatic rings. The van der Waals surface area contributed by atoms with Crippen molar-refractivity contribution in [3.63, 3.8) is 0 Å². The van der Waals surface area contributed by atoms with E-state index in [1.807, 2.05) is 19.1 Å². The Hall–Kier alpha value is -2.69. The van der Waals surface area contributed by atoms with Crippen molar-refractivity contribution in [3.8, 4) is 0 Å². The Morgan fingerprint density at radius 2 is 1.92 bits per heavy atom. The number of hydrogen-bond donors (Lipinski definition) is 1. The minimum atomic E-state index is -0.962. The molecular weight excluding hydrogens is 321 g/mol. The molecule has 0 unspecified atom stereocenters. The molecule has 3 rings (SSSR count). The van der Waals surface area contributed by atoms with E-state index in [1.54, 1.807) is 29.2 Å². The number of nitrogens with zero attached hydrogens (tertiary/aromatic N) is 1. The number of hydrogen-bond acceptors (Lipinski definition) is 2. The number of carbonyl (C=O) groups is 2. The van der Waals surface area contributed by atoms with Gasteiger partial charge in [0.1, 0.15) is 5.82 Å². The average molecular weight is 341 g/mol. The molecule has 0 bridgehead atoms. The van der Waals surface area contributed by atoms with Crippen molar-refractivity contribution in [1.29, 1.82) is 0 Å².